The summed E-state index contributed by atoms with van der Waals surface area (Å²) in [5.74, 6) is -0.249. The molecule has 2 heterocycles. The van der Waals surface area contributed by atoms with Crippen LogP contribution in [0.5, 0.6) is 0 Å². The summed E-state index contributed by atoms with van der Waals surface area (Å²) < 4.78 is 5.37. The number of piperidine rings is 1. The van der Waals surface area contributed by atoms with E-state index in [2.05, 4.69) is 5.32 Å². The van der Waals surface area contributed by atoms with Crippen molar-refractivity contribution in [2.24, 2.45) is 0 Å². The van der Waals surface area contributed by atoms with Gasteiger partial charge < -0.3 is 15.0 Å². The smallest absolute Gasteiger partial charge is 0.410 e. The standard InChI is InChI=1S/C15H25N3O4/c1-10(2)18-11(19)15(16-12(18)20)7-6-8-17(9-15)13(21)22-14(3,4)5/h10H,6-9H2,1-5H3,(H,16,20). The average Bonchev–Trinajstić information content (AvgIpc) is 2.58. The molecule has 4 amide bonds. The molecule has 124 valence electrons. The molecule has 1 unspecified atom stereocenters. The van der Waals surface area contributed by atoms with E-state index in [4.69, 9.17) is 4.74 Å². The maximum Gasteiger partial charge on any atom is 0.410 e. The zero-order valence-corrected chi connectivity index (χ0v) is 13.9. The summed E-state index contributed by atoms with van der Waals surface area (Å²) in [7, 11) is 0. The first-order chi connectivity index (χ1) is 10.1. The molecule has 0 saturated carbocycles. The second-order valence-corrected chi connectivity index (χ2v) is 7.29. The number of nitrogens with zero attached hydrogens (tertiary/aromatic N) is 2. The third-order valence-corrected chi connectivity index (χ3v) is 3.85. The molecule has 0 aromatic rings. The zero-order chi connectivity index (χ0) is 16.7. The van der Waals surface area contributed by atoms with Crippen LogP contribution in [-0.4, -0.2) is 58.1 Å². The number of amides is 4. The monoisotopic (exact) mass is 311 g/mol. The number of hydrogen-bond donors (Lipinski definition) is 1. The second kappa shape index (κ2) is 5.44. The molecule has 22 heavy (non-hydrogen) atoms. The van der Waals surface area contributed by atoms with Gasteiger partial charge in [0.2, 0.25) is 0 Å². The highest BCUT2D eigenvalue weighted by atomic mass is 16.6. The van der Waals surface area contributed by atoms with Crippen LogP contribution in [0.2, 0.25) is 0 Å². The highest BCUT2D eigenvalue weighted by Gasteiger charge is 2.54. The Kier molecular flexibility index (Phi) is 4.10. The van der Waals surface area contributed by atoms with Crippen molar-refractivity contribution < 1.29 is 19.1 Å². The van der Waals surface area contributed by atoms with Crippen LogP contribution in [0.25, 0.3) is 0 Å². The molecule has 0 bridgehead atoms. The number of likely N-dealkylation sites (tertiary alicyclic amines) is 1. The van der Waals surface area contributed by atoms with Gasteiger partial charge in [0, 0.05) is 12.6 Å². The van der Waals surface area contributed by atoms with Crippen molar-refractivity contribution in [2.75, 3.05) is 13.1 Å². The quantitative estimate of drug-likeness (QED) is 0.748. The lowest BCUT2D eigenvalue weighted by Crippen LogP contribution is -2.60. The number of carbonyl (C=O) groups is 3. The molecular formula is C15H25N3O4. The van der Waals surface area contributed by atoms with Crippen molar-refractivity contribution in [1.82, 2.24) is 15.1 Å². The fourth-order valence-electron chi connectivity index (χ4n) is 2.92. The van der Waals surface area contributed by atoms with Gasteiger partial charge in [0.15, 0.2) is 0 Å². The maximum atomic E-state index is 12.7. The number of hydrogen-bond acceptors (Lipinski definition) is 4. The van der Waals surface area contributed by atoms with Gasteiger partial charge in [-0.05, 0) is 47.5 Å². The van der Waals surface area contributed by atoms with Gasteiger partial charge in [-0.25, -0.2) is 9.59 Å². The molecule has 1 N–H and O–H groups in total. The van der Waals surface area contributed by atoms with Crippen LogP contribution in [0.4, 0.5) is 9.59 Å². The summed E-state index contributed by atoms with van der Waals surface area (Å²) in [5, 5.41) is 2.79. The van der Waals surface area contributed by atoms with Crippen LogP contribution in [-0.2, 0) is 9.53 Å². The van der Waals surface area contributed by atoms with Gasteiger partial charge in [-0.3, -0.25) is 9.69 Å². The van der Waals surface area contributed by atoms with Crippen LogP contribution in [0.3, 0.4) is 0 Å². The number of imide groups is 1. The SMILES string of the molecule is CC(C)N1C(=O)NC2(CCCN(C(=O)OC(C)(C)C)C2)C1=O. The Bertz CT molecular complexity index is 498. The number of rotatable bonds is 1. The second-order valence-electron chi connectivity index (χ2n) is 7.29. The van der Waals surface area contributed by atoms with E-state index in [1.54, 1.807) is 34.6 Å². The Labute approximate surface area is 131 Å². The fourth-order valence-corrected chi connectivity index (χ4v) is 2.92. The van der Waals surface area contributed by atoms with Crippen LogP contribution in [0.15, 0.2) is 0 Å². The Hall–Kier alpha value is -1.79. The van der Waals surface area contributed by atoms with Gasteiger partial charge in [0.1, 0.15) is 11.1 Å². The van der Waals surface area contributed by atoms with E-state index in [0.29, 0.717) is 19.4 Å². The summed E-state index contributed by atoms with van der Waals surface area (Å²) in [6, 6.07) is -0.588. The first kappa shape index (κ1) is 16.6. The van der Waals surface area contributed by atoms with E-state index < -0.39 is 17.2 Å². The van der Waals surface area contributed by atoms with E-state index in [-0.39, 0.29) is 24.5 Å². The number of urea groups is 1. The summed E-state index contributed by atoms with van der Waals surface area (Å²) in [5.41, 5.74) is -1.59. The Morgan fingerprint density at radius 3 is 2.45 bits per heavy atom. The predicted octanol–water partition coefficient (Wildman–Crippen LogP) is 1.72. The van der Waals surface area contributed by atoms with Crippen LogP contribution in [0, 0.1) is 0 Å². The minimum absolute atomic E-state index is 0.162. The van der Waals surface area contributed by atoms with Crippen molar-refractivity contribution in [3.8, 4) is 0 Å². The van der Waals surface area contributed by atoms with Gasteiger partial charge in [-0.1, -0.05) is 0 Å². The number of carbonyl (C=O) groups excluding carboxylic acids is 3. The summed E-state index contributed by atoms with van der Waals surface area (Å²) in [6.45, 7) is 9.68. The average molecular weight is 311 g/mol. The molecule has 2 aliphatic rings. The Morgan fingerprint density at radius 1 is 1.32 bits per heavy atom. The molecule has 7 heteroatoms. The molecule has 2 fully saturated rings. The molecule has 2 saturated heterocycles. The highest BCUT2D eigenvalue weighted by Crippen LogP contribution is 2.30. The maximum absolute atomic E-state index is 12.7. The molecule has 0 aromatic heterocycles. The fraction of sp³-hybridized carbons (Fsp3) is 0.800. The Morgan fingerprint density at radius 2 is 1.95 bits per heavy atom. The van der Waals surface area contributed by atoms with Crippen molar-refractivity contribution in [1.29, 1.82) is 0 Å². The molecule has 0 aromatic carbocycles. The van der Waals surface area contributed by atoms with E-state index in [0.717, 1.165) is 0 Å². The third-order valence-electron chi connectivity index (χ3n) is 3.85. The summed E-state index contributed by atoms with van der Waals surface area (Å²) in [6.07, 6.45) is 0.744. The van der Waals surface area contributed by atoms with Crippen LogP contribution >= 0.6 is 0 Å². The lowest BCUT2D eigenvalue weighted by atomic mass is 9.89. The van der Waals surface area contributed by atoms with E-state index in [1.807, 2.05) is 0 Å². The van der Waals surface area contributed by atoms with E-state index in [1.165, 1.54) is 9.80 Å². The van der Waals surface area contributed by atoms with Gasteiger partial charge in [-0.2, -0.15) is 0 Å². The molecule has 0 aliphatic carbocycles. The number of nitrogens with one attached hydrogen (secondary N) is 1. The first-order valence-corrected chi connectivity index (χ1v) is 7.69. The molecule has 2 rings (SSSR count). The molecule has 1 atom stereocenters. The predicted molar refractivity (Wildman–Crippen MR) is 80.3 cm³/mol. The molecular weight excluding hydrogens is 286 g/mol. The molecule has 2 aliphatic heterocycles. The summed E-state index contributed by atoms with van der Waals surface area (Å²) in [4.78, 5) is 39.7. The molecule has 7 nitrogen and oxygen atoms in total. The third kappa shape index (κ3) is 3.03. The normalized spacial score (nSPS) is 25.9. The van der Waals surface area contributed by atoms with Gasteiger partial charge >= 0.3 is 12.1 Å². The number of ether oxygens (including phenoxy) is 1. The van der Waals surface area contributed by atoms with Crippen molar-refractivity contribution in [3.63, 3.8) is 0 Å². The van der Waals surface area contributed by atoms with E-state index in [9.17, 15) is 14.4 Å². The van der Waals surface area contributed by atoms with Crippen molar-refractivity contribution in [3.05, 3.63) is 0 Å². The van der Waals surface area contributed by atoms with Crippen molar-refractivity contribution >= 4 is 18.0 Å². The van der Waals surface area contributed by atoms with E-state index >= 15 is 0 Å². The minimum atomic E-state index is -1.00. The zero-order valence-electron chi connectivity index (χ0n) is 13.9. The molecule has 0 radical (unpaired) electrons. The minimum Gasteiger partial charge on any atom is -0.444 e. The largest absolute Gasteiger partial charge is 0.444 e. The Balaban J connectivity index is 2.15. The van der Waals surface area contributed by atoms with Gasteiger partial charge in [0.25, 0.3) is 5.91 Å². The lowest BCUT2D eigenvalue weighted by molar-refractivity contribution is -0.134. The topological polar surface area (TPSA) is 79.0 Å². The van der Waals surface area contributed by atoms with Crippen LogP contribution in [0.1, 0.15) is 47.5 Å². The lowest BCUT2D eigenvalue weighted by Gasteiger charge is -2.38. The molecule has 1 spiro atoms. The van der Waals surface area contributed by atoms with Crippen LogP contribution < -0.4 is 5.32 Å². The van der Waals surface area contributed by atoms with Gasteiger partial charge in [0.05, 0.1) is 6.54 Å². The van der Waals surface area contributed by atoms with Crippen molar-refractivity contribution in [2.45, 2.75) is 64.6 Å². The van der Waals surface area contributed by atoms with Gasteiger partial charge in [-0.15, -0.1) is 0 Å². The highest BCUT2D eigenvalue weighted by molar-refractivity contribution is 6.07. The summed E-state index contributed by atoms with van der Waals surface area (Å²) >= 11 is 0. The first-order valence-electron chi connectivity index (χ1n) is 7.69.